The molecule has 2 rings (SSSR count). The molecule has 1 aromatic carbocycles. The van der Waals surface area contributed by atoms with Gasteiger partial charge < -0.3 is 9.64 Å². The lowest BCUT2D eigenvalue weighted by molar-refractivity contribution is -0.160. The third kappa shape index (κ3) is 4.07. The van der Waals surface area contributed by atoms with Gasteiger partial charge in [-0.1, -0.05) is 41.7 Å². The van der Waals surface area contributed by atoms with Gasteiger partial charge in [0.15, 0.2) is 0 Å². The lowest BCUT2D eigenvalue weighted by Gasteiger charge is -2.21. The predicted molar refractivity (Wildman–Crippen MR) is 87.3 cm³/mol. The average Bonchev–Trinajstić information content (AvgIpc) is 2.84. The first-order valence-electron chi connectivity index (χ1n) is 7.00. The van der Waals surface area contributed by atoms with Crippen molar-refractivity contribution in [2.45, 2.75) is 19.6 Å². The van der Waals surface area contributed by atoms with Gasteiger partial charge in [0.1, 0.15) is 6.54 Å². The number of rotatable bonds is 5. The number of carbonyl (C=O) groups is 2. The van der Waals surface area contributed by atoms with Crippen molar-refractivity contribution in [3.05, 3.63) is 56.6 Å². The second-order valence-electron chi connectivity index (χ2n) is 5.24. The van der Waals surface area contributed by atoms with Crippen LogP contribution in [0.5, 0.6) is 0 Å². The molecule has 1 aromatic heterocycles. The Balaban J connectivity index is 2.19. The fourth-order valence-corrected chi connectivity index (χ4v) is 2.75. The highest BCUT2D eigenvalue weighted by Gasteiger charge is 2.26. The van der Waals surface area contributed by atoms with Gasteiger partial charge in [-0.15, -0.1) is 0 Å². The minimum Gasteiger partial charge on any atom is -0.446 e. The van der Waals surface area contributed by atoms with Crippen LogP contribution in [0.2, 0.25) is 0 Å². The van der Waals surface area contributed by atoms with Gasteiger partial charge in [0, 0.05) is 30.7 Å². The highest BCUT2D eigenvalue weighted by atomic mass is 32.1. The molecule has 0 unspecified atom stereocenters. The van der Waals surface area contributed by atoms with E-state index < -0.39 is 12.1 Å². The summed E-state index contributed by atoms with van der Waals surface area (Å²) in [5.74, 6) is -0.961. The molecule has 0 N–H and O–H groups in total. The molecular formula is C16H18N2O4S. The van der Waals surface area contributed by atoms with Crippen LogP contribution in [0.15, 0.2) is 40.5 Å². The van der Waals surface area contributed by atoms with Crippen LogP contribution in [0, 0.1) is 6.92 Å². The van der Waals surface area contributed by atoms with E-state index in [1.165, 1.54) is 9.47 Å². The molecule has 122 valence electrons. The summed E-state index contributed by atoms with van der Waals surface area (Å²) in [6, 6.07) is 8.80. The first-order chi connectivity index (χ1) is 10.9. The number of esters is 1. The Morgan fingerprint density at radius 1 is 1.26 bits per heavy atom. The van der Waals surface area contributed by atoms with Gasteiger partial charge in [-0.2, -0.15) is 0 Å². The van der Waals surface area contributed by atoms with E-state index in [0.29, 0.717) is 11.3 Å². The number of ether oxygens (including phenoxy) is 1. The van der Waals surface area contributed by atoms with Crippen LogP contribution >= 0.6 is 11.3 Å². The number of aryl methyl sites for hydroxylation is 1. The molecule has 0 aliphatic carbocycles. The van der Waals surface area contributed by atoms with E-state index in [0.717, 1.165) is 11.3 Å². The second-order valence-corrected chi connectivity index (χ2v) is 6.06. The molecule has 1 heterocycles. The lowest BCUT2D eigenvalue weighted by atomic mass is 10.1. The normalized spacial score (nSPS) is 11.8. The molecule has 0 fully saturated rings. The van der Waals surface area contributed by atoms with E-state index >= 15 is 0 Å². The van der Waals surface area contributed by atoms with Crippen molar-refractivity contribution in [1.29, 1.82) is 0 Å². The summed E-state index contributed by atoms with van der Waals surface area (Å²) in [5.41, 5.74) is 1.28. The van der Waals surface area contributed by atoms with Gasteiger partial charge in [0.2, 0.25) is 6.10 Å². The molecule has 1 amide bonds. The number of amides is 1. The summed E-state index contributed by atoms with van der Waals surface area (Å²) in [5, 5.41) is 1.68. The van der Waals surface area contributed by atoms with Gasteiger partial charge in [0.25, 0.3) is 5.91 Å². The van der Waals surface area contributed by atoms with Crippen molar-refractivity contribution >= 4 is 23.2 Å². The first-order valence-corrected chi connectivity index (χ1v) is 7.88. The van der Waals surface area contributed by atoms with Gasteiger partial charge in [0.05, 0.1) is 0 Å². The molecule has 0 saturated carbocycles. The first kappa shape index (κ1) is 17.0. The number of carbonyl (C=O) groups excluding carboxylic acids is 2. The van der Waals surface area contributed by atoms with E-state index in [1.807, 2.05) is 6.07 Å². The topological polar surface area (TPSA) is 68.6 Å². The Labute approximate surface area is 137 Å². The van der Waals surface area contributed by atoms with Crippen molar-refractivity contribution in [2.24, 2.45) is 0 Å². The van der Waals surface area contributed by atoms with Gasteiger partial charge in [-0.25, -0.2) is 0 Å². The van der Waals surface area contributed by atoms with E-state index in [-0.39, 0.29) is 17.3 Å². The SMILES string of the molecule is Cc1csc(=O)n1CC(=O)O[C@@H](C(=O)N(C)C)c1ccccc1. The lowest BCUT2D eigenvalue weighted by Crippen LogP contribution is -2.32. The van der Waals surface area contributed by atoms with Crippen LogP contribution in [-0.4, -0.2) is 35.4 Å². The molecule has 0 bridgehead atoms. The fraction of sp³-hybridized carbons (Fsp3) is 0.312. The van der Waals surface area contributed by atoms with Crippen LogP contribution in [-0.2, 0) is 20.9 Å². The Hall–Kier alpha value is -2.41. The van der Waals surface area contributed by atoms with E-state index in [4.69, 9.17) is 4.74 Å². The molecule has 0 radical (unpaired) electrons. The number of likely N-dealkylation sites (N-methyl/N-ethyl adjacent to an activating group) is 1. The molecule has 6 nitrogen and oxygen atoms in total. The summed E-state index contributed by atoms with van der Waals surface area (Å²) in [6.45, 7) is 1.53. The van der Waals surface area contributed by atoms with E-state index in [2.05, 4.69) is 0 Å². The smallest absolute Gasteiger partial charge is 0.327 e. The maximum absolute atomic E-state index is 12.3. The number of aromatic nitrogens is 1. The third-order valence-corrected chi connectivity index (χ3v) is 4.16. The minimum absolute atomic E-state index is 0.210. The van der Waals surface area contributed by atoms with Gasteiger partial charge in [-0.3, -0.25) is 19.0 Å². The Kier molecular flexibility index (Phi) is 5.33. The molecule has 0 saturated heterocycles. The van der Waals surface area contributed by atoms with Crippen molar-refractivity contribution in [2.75, 3.05) is 14.1 Å². The fourth-order valence-electron chi connectivity index (χ4n) is 2.02. The number of hydrogen-bond donors (Lipinski definition) is 0. The molecule has 0 spiro atoms. The zero-order valence-electron chi connectivity index (χ0n) is 13.2. The summed E-state index contributed by atoms with van der Waals surface area (Å²) < 4.78 is 6.69. The van der Waals surface area contributed by atoms with Gasteiger partial charge in [-0.05, 0) is 6.92 Å². The minimum atomic E-state index is -1.02. The highest BCUT2D eigenvalue weighted by Crippen LogP contribution is 2.19. The van der Waals surface area contributed by atoms with Crippen LogP contribution in [0.25, 0.3) is 0 Å². The number of nitrogens with zero attached hydrogens (tertiary/aromatic N) is 2. The largest absolute Gasteiger partial charge is 0.446 e. The molecule has 23 heavy (non-hydrogen) atoms. The average molecular weight is 334 g/mol. The summed E-state index contributed by atoms with van der Waals surface area (Å²) >= 11 is 1.02. The standard InChI is InChI=1S/C16H18N2O4S/c1-11-10-23-16(21)18(11)9-13(19)22-14(15(20)17(2)3)12-7-5-4-6-8-12/h4-8,10,14H,9H2,1-3H3/t14-/m1/s1. The van der Waals surface area contributed by atoms with E-state index in [1.54, 1.807) is 50.7 Å². The monoisotopic (exact) mass is 334 g/mol. The maximum Gasteiger partial charge on any atom is 0.327 e. The number of thiazole rings is 1. The molecule has 2 aromatic rings. The molecule has 0 aliphatic rings. The van der Waals surface area contributed by atoms with Crippen molar-refractivity contribution in [1.82, 2.24) is 9.47 Å². The number of benzene rings is 1. The number of hydrogen-bond acceptors (Lipinski definition) is 5. The van der Waals surface area contributed by atoms with Crippen LogP contribution in [0.1, 0.15) is 17.4 Å². The van der Waals surface area contributed by atoms with Gasteiger partial charge >= 0.3 is 10.8 Å². The quantitative estimate of drug-likeness (QED) is 0.779. The molecule has 1 atom stereocenters. The Morgan fingerprint density at radius 2 is 1.91 bits per heavy atom. The zero-order valence-corrected chi connectivity index (χ0v) is 14.0. The molecule has 0 aliphatic heterocycles. The summed E-state index contributed by atoms with van der Waals surface area (Å²) in [6.07, 6.45) is -1.02. The van der Waals surface area contributed by atoms with Crippen molar-refractivity contribution < 1.29 is 14.3 Å². The Bertz CT molecular complexity index is 749. The highest BCUT2D eigenvalue weighted by molar-refractivity contribution is 7.07. The molecule has 7 heteroatoms. The third-order valence-electron chi connectivity index (χ3n) is 3.28. The van der Waals surface area contributed by atoms with Crippen molar-refractivity contribution in [3.8, 4) is 0 Å². The molecular weight excluding hydrogens is 316 g/mol. The van der Waals surface area contributed by atoms with Crippen LogP contribution < -0.4 is 4.87 Å². The van der Waals surface area contributed by atoms with Crippen molar-refractivity contribution in [3.63, 3.8) is 0 Å². The van der Waals surface area contributed by atoms with Crippen LogP contribution in [0.3, 0.4) is 0 Å². The second kappa shape index (κ2) is 7.23. The maximum atomic E-state index is 12.3. The van der Waals surface area contributed by atoms with E-state index in [9.17, 15) is 14.4 Å². The summed E-state index contributed by atoms with van der Waals surface area (Å²) in [4.78, 5) is 37.3. The zero-order chi connectivity index (χ0) is 17.0. The predicted octanol–water partition coefficient (Wildman–Crippen LogP) is 1.59. The Morgan fingerprint density at radius 3 is 2.43 bits per heavy atom. The van der Waals surface area contributed by atoms with Crippen LogP contribution in [0.4, 0.5) is 0 Å². The summed E-state index contributed by atoms with van der Waals surface area (Å²) in [7, 11) is 3.19.